The van der Waals surface area contributed by atoms with Gasteiger partial charge in [-0.05, 0) is 5.56 Å². The smallest absolute Gasteiger partial charge is 0.548 e. The zero-order valence-electron chi connectivity index (χ0n) is 6.86. The van der Waals surface area contributed by atoms with Crippen LogP contribution in [0.3, 0.4) is 0 Å². The molecule has 1 aromatic carbocycles. The van der Waals surface area contributed by atoms with Crippen LogP contribution in [0.25, 0.3) is 0 Å². The molecule has 58 valence electrons. The van der Waals surface area contributed by atoms with E-state index in [-0.39, 0.29) is 29.6 Å². The summed E-state index contributed by atoms with van der Waals surface area (Å²) in [6.07, 6.45) is 0. The third-order valence-corrected chi connectivity index (χ3v) is 1.41. The molecule has 0 spiro atoms. The van der Waals surface area contributed by atoms with Crippen molar-refractivity contribution < 1.29 is 39.5 Å². The Morgan fingerprint density at radius 1 is 1.33 bits per heavy atom. The first-order valence-electron chi connectivity index (χ1n) is 3.23. The summed E-state index contributed by atoms with van der Waals surface area (Å²) in [5.41, 5.74) is 5.84. The Morgan fingerprint density at radius 2 is 1.83 bits per heavy atom. The molecular formula is C8H8NNaO2. The molecule has 0 heterocycles. The number of hydrogen-bond donors (Lipinski definition) is 1. The predicted octanol–water partition coefficient (Wildman–Crippen LogP) is -3.56. The molecule has 0 aromatic heterocycles. The van der Waals surface area contributed by atoms with Gasteiger partial charge in [0, 0.05) is 0 Å². The average Bonchev–Trinajstić information content (AvgIpc) is 2.05. The normalized spacial score (nSPS) is 11.4. The van der Waals surface area contributed by atoms with Crippen molar-refractivity contribution in [2.24, 2.45) is 5.73 Å². The fourth-order valence-corrected chi connectivity index (χ4v) is 0.796. The molecule has 1 unspecified atom stereocenters. The molecule has 3 nitrogen and oxygen atoms in total. The van der Waals surface area contributed by atoms with E-state index in [1.54, 1.807) is 30.3 Å². The molecule has 12 heavy (non-hydrogen) atoms. The number of nitrogens with two attached hydrogens (primary N) is 1. The summed E-state index contributed by atoms with van der Waals surface area (Å²) in [7, 11) is 0. The zero-order chi connectivity index (χ0) is 8.27. The van der Waals surface area contributed by atoms with Gasteiger partial charge in [-0.15, -0.1) is 0 Å². The van der Waals surface area contributed by atoms with Crippen LogP contribution in [-0.2, 0) is 4.79 Å². The van der Waals surface area contributed by atoms with E-state index >= 15 is 0 Å². The molecule has 0 bridgehead atoms. The summed E-state index contributed by atoms with van der Waals surface area (Å²) in [6, 6.07) is 7.55. The first-order chi connectivity index (χ1) is 5.22. The van der Waals surface area contributed by atoms with Crippen molar-refractivity contribution in [3.8, 4) is 0 Å². The molecule has 0 aliphatic carbocycles. The van der Waals surface area contributed by atoms with E-state index in [0.29, 0.717) is 5.56 Å². The van der Waals surface area contributed by atoms with Crippen molar-refractivity contribution in [1.82, 2.24) is 0 Å². The van der Waals surface area contributed by atoms with E-state index in [1.165, 1.54) is 0 Å². The Bertz CT molecular complexity index is 250. The summed E-state index contributed by atoms with van der Waals surface area (Å²) in [5, 5.41) is 10.3. The number of rotatable bonds is 2. The largest absolute Gasteiger partial charge is 1.00 e. The molecule has 0 amide bonds. The minimum absolute atomic E-state index is 0. The number of benzene rings is 1. The van der Waals surface area contributed by atoms with Crippen molar-refractivity contribution in [3.63, 3.8) is 0 Å². The Morgan fingerprint density at radius 3 is 2.25 bits per heavy atom. The predicted molar refractivity (Wildman–Crippen MR) is 38.4 cm³/mol. The maximum atomic E-state index is 10.3. The van der Waals surface area contributed by atoms with Gasteiger partial charge in [0.25, 0.3) is 0 Å². The summed E-state index contributed by atoms with van der Waals surface area (Å²) in [4.78, 5) is 10.3. The van der Waals surface area contributed by atoms with E-state index in [2.05, 4.69) is 0 Å². The molecule has 0 aliphatic heterocycles. The molecule has 1 aromatic rings. The average molecular weight is 173 g/mol. The number of carboxylic acids is 1. The molecule has 0 fully saturated rings. The van der Waals surface area contributed by atoms with Gasteiger partial charge < -0.3 is 15.6 Å². The van der Waals surface area contributed by atoms with E-state index in [4.69, 9.17) is 5.73 Å². The molecule has 0 aliphatic rings. The van der Waals surface area contributed by atoms with Gasteiger partial charge in [0.1, 0.15) is 0 Å². The van der Waals surface area contributed by atoms with Gasteiger partial charge in [-0.3, -0.25) is 0 Å². The van der Waals surface area contributed by atoms with E-state index in [1.807, 2.05) is 0 Å². The van der Waals surface area contributed by atoms with Crippen molar-refractivity contribution in [2.75, 3.05) is 0 Å². The molecule has 0 saturated carbocycles. The molecule has 0 saturated heterocycles. The first-order valence-corrected chi connectivity index (χ1v) is 3.23. The summed E-state index contributed by atoms with van der Waals surface area (Å²) >= 11 is 0. The second-order valence-corrected chi connectivity index (χ2v) is 2.21. The Kier molecular flexibility index (Phi) is 5.17. The standard InChI is InChI=1S/C8H9NO2.Na/c9-7(8(10)11)6-4-2-1-3-5-6;/h1-5,7H,9H2,(H,10,11);/q;+1/p-1. The topological polar surface area (TPSA) is 66.2 Å². The van der Waals surface area contributed by atoms with Crippen LogP contribution in [0.1, 0.15) is 11.6 Å². The molecule has 1 atom stereocenters. The van der Waals surface area contributed by atoms with Crippen LogP contribution in [0.5, 0.6) is 0 Å². The SMILES string of the molecule is NC(C(=O)[O-])c1ccccc1.[Na+]. The number of carboxylic acid groups (broad SMARTS) is 1. The number of hydrogen-bond acceptors (Lipinski definition) is 3. The third-order valence-electron chi connectivity index (χ3n) is 1.41. The second-order valence-electron chi connectivity index (χ2n) is 2.21. The number of carbonyl (C=O) groups excluding carboxylic acids is 1. The van der Waals surface area contributed by atoms with Crippen molar-refractivity contribution in [3.05, 3.63) is 35.9 Å². The van der Waals surface area contributed by atoms with Gasteiger partial charge in [-0.1, -0.05) is 30.3 Å². The molecular weight excluding hydrogens is 165 g/mol. The quantitative estimate of drug-likeness (QED) is 0.471. The van der Waals surface area contributed by atoms with Gasteiger partial charge in [-0.2, -0.15) is 0 Å². The summed E-state index contributed by atoms with van der Waals surface area (Å²) in [6.45, 7) is 0. The van der Waals surface area contributed by atoms with Gasteiger partial charge >= 0.3 is 29.6 Å². The second kappa shape index (κ2) is 5.32. The fourth-order valence-electron chi connectivity index (χ4n) is 0.796. The van der Waals surface area contributed by atoms with E-state index in [9.17, 15) is 9.90 Å². The Labute approximate surface area is 92.9 Å². The van der Waals surface area contributed by atoms with Crippen LogP contribution in [0.4, 0.5) is 0 Å². The number of carbonyl (C=O) groups is 1. The van der Waals surface area contributed by atoms with Crippen molar-refractivity contribution >= 4 is 5.97 Å². The van der Waals surface area contributed by atoms with Crippen LogP contribution in [0.15, 0.2) is 30.3 Å². The molecule has 1 rings (SSSR count). The van der Waals surface area contributed by atoms with Crippen LogP contribution in [-0.4, -0.2) is 5.97 Å². The maximum Gasteiger partial charge on any atom is 1.00 e. The van der Waals surface area contributed by atoms with E-state index in [0.717, 1.165) is 0 Å². The van der Waals surface area contributed by atoms with Gasteiger partial charge in [-0.25, -0.2) is 0 Å². The summed E-state index contributed by atoms with van der Waals surface area (Å²) < 4.78 is 0. The molecule has 4 heteroatoms. The number of aliphatic carboxylic acids is 1. The zero-order valence-corrected chi connectivity index (χ0v) is 8.86. The van der Waals surface area contributed by atoms with Crippen LogP contribution >= 0.6 is 0 Å². The Balaban J connectivity index is 0.00000121. The van der Waals surface area contributed by atoms with Gasteiger partial charge in [0.05, 0.1) is 12.0 Å². The van der Waals surface area contributed by atoms with E-state index < -0.39 is 12.0 Å². The third kappa shape index (κ3) is 2.95. The maximum absolute atomic E-state index is 10.3. The molecule has 2 N–H and O–H groups in total. The minimum atomic E-state index is -1.25. The minimum Gasteiger partial charge on any atom is -0.548 e. The fraction of sp³-hybridized carbons (Fsp3) is 0.125. The monoisotopic (exact) mass is 173 g/mol. The first kappa shape index (κ1) is 11.6. The molecule has 0 radical (unpaired) electrons. The van der Waals surface area contributed by atoms with Crippen molar-refractivity contribution in [2.45, 2.75) is 6.04 Å². The summed E-state index contributed by atoms with van der Waals surface area (Å²) in [5.74, 6) is -1.25. The Hall–Kier alpha value is -0.350. The van der Waals surface area contributed by atoms with Gasteiger partial charge in [0.2, 0.25) is 0 Å². The van der Waals surface area contributed by atoms with Gasteiger partial charge in [0.15, 0.2) is 0 Å². The van der Waals surface area contributed by atoms with Crippen LogP contribution in [0, 0.1) is 0 Å². The van der Waals surface area contributed by atoms with Crippen molar-refractivity contribution in [1.29, 1.82) is 0 Å². The van der Waals surface area contributed by atoms with Crippen LogP contribution < -0.4 is 40.4 Å². The van der Waals surface area contributed by atoms with Crippen LogP contribution in [0.2, 0.25) is 0 Å².